The highest BCUT2D eigenvalue weighted by Crippen LogP contribution is 2.48. The summed E-state index contributed by atoms with van der Waals surface area (Å²) in [5, 5.41) is 12.0. The monoisotopic (exact) mass is 569 g/mol. The topological polar surface area (TPSA) is 82.7 Å². The molecule has 1 aliphatic carbocycles. The number of rotatable bonds is 7. The average Bonchev–Trinajstić information content (AvgIpc) is 3.37. The van der Waals surface area contributed by atoms with Crippen molar-refractivity contribution in [2.45, 2.75) is 25.2 Å². The first-order chi connectivity index (χ1) is 18.8. The average molecular weight is 571 g/mol. The Hall–Kier alpha value is -3.20. The number of hydrogen-bond acceptors (Lipinski definition) is 6. The maximum absolute atomic E-state index is 12.3. The van der Waals surface area contributed by atoms with Gasteiger partial charge in [-0.3, -0.25) is 9.89 Å². The van der Waals surface area contributed by atoms with E-state index in [0.29, 0.717) is 33.7 Å². The molecule has 1 fully saturated rings. The van der Waals surface area contributed by atoms with E-state index in [1.165, 1.54) is 6.08 Å². The minimum absolute atomic E-state index is 0.0615. The van der Waals surface area contributed by atoms with E-state index >= 15 is 0 Å². The number of likely N-dealkylation sites (N-methyl/N-ethyl adjacent to an activating group) is 1. The second-order valence-corrected chi connectivity index (χ2v) is 10.8. The molecule has 0 saturated carbocycles. The van der Waals surface area contributed by atoms with E-state index in [-0.39, 0.29) is 11.8 Å². The molecule has 10 heteroatoms. The van der Waals surface area contributed by atoms with Crippen molar-refractivity contribution < 1.29 is 14.3 Å². The van der Waals surface area contributed by atoms with Crippen LogP contribution in [-0.2, 0) is 17.6 Å². The number of aromatic amines is 1. The number of H-pyrrole nitrogens is 1. The fourth-order valence-electron chi connectivity index (χ4n) is 5.52. The molecule has 0 unspecified atom stereocenters. The maximum atomic E-state index is 12.3. The Bertz CT molecular complexity index is 1370. The van der Waals surface area contributed by atoms with Crippen LogP contribution in [0.2, 0.25) is 10.0 Å². The maximum Gasteiger partial charge on any atom is 0.247 e. The molecule has 3 aromatic rings. The third kappa shape index (κ3) is 5.33. The van der Waals surface area contributed by atoms with E-state index in [0.717, 1.165) is 72.8 Å². The number of methoxy groups -OCH3 is 2. The lowest BCUT2D eigenvalue weighted by Gasteiger charge is -2.34. The van der Waals surface area contributed by atoms with Crippen molar-refractivity contribution in [3.63, 3.8) is 0 Å². The Morgan fingerprint density at radius 3 is 2.46 bits per heavy atom. The highest BCUT2D eigenvalue weighted by atomic mass is 35.5. The van der Waals surface area contributed by atoms with Crippen molar-refractivity contribution in [2.75, 3.05) is 57.7 Å². The SMILES string of the molecule is C=CC(=O)Nc1ccc(N2CCN(C)CC2)cc1-c1n[nH]c2c1CC[C@@H](c1c(Cl)c(OC)cc(OC)c1Cl)C2. The predicted octanol–water partition coefficient (Wildman–Crippen LogP) is 5.55. The predicted molar refractivity (Wildman–Crippen MR) is 157 cm³/mol. The minimum Gasteiger partial charge on any atom is -0.495 e. The number of carbonyl (C=O) groups excluding carboxylic acids is 1. The molecule has 206 valence electrons. The van der Waals surface area contributed by atoms with Crippen molar-refractivity contribution in [3.8, 4) is 22.8 Å². The number of amides is 1. The van der Waals surface area contributed by atoms with Gasteiger partial charge in [-0.25, -0.2) is 0 Å². The molecule has 2 aliphatic rings. The number of nitrogens with zero attached hydrogens (tertiary/aromatic N) is 3. The summed E-state index contributed by atoms with van der Waals surface area (Å²) in [5.74, 6) is 0.871. The van der Waals surface area contributed by atoms with Gasteiger partial charge >= 0.3 is 0 Å². The summed E-state index contributed by atoms with van der Waals surface area (Å²) in [6.07, 6.45) is 3.55. The van der Waals surface area contributed by atoms with Crippen molar-refractivity contribution in [3.05, 3.63) is 63.8 Å². The molecule has 1 aliphatic heterocycles. The summed E-state index contributed by atoms with van der Waals surface area (Å²) in [5.41, 5.74) is 6.54. The highest BCUT2D eigenvalue weighted by Gasteiger charge is 2.31. The summed E-state index contributed by atoms with van der Waals surface area (Å²) < 4.78 is 11.0. The first-order valence-electron chi connectivity index (χ1n) is 13.0. The van der Waals surface area contributed by atoms with E-state index in [4.69, 9.17) is 37.8 Å². The Morgan fingerprint density at radius 1 is 1.13 bits per heavy atom. The van der Waals surface area contributed by atoms with Gasteiger partial charge in [0.05, 0.1) is 35.6 Å². The van der Waals surface area contributed by atoms with Gasteiger partial charge in [0, 0.05) is 60.3 Å². The smallest absolute Gasteiger partial charge is 0.247 e. The van der Waals surface area contributed by atoms with Crippen molar-refractivity contribution >= 4 is 40.5 Å². The summed E-state index contributed by atoms with van der Waals surface area (Å²) in [4.78, 5) is 17.0. The summed E-state index contributed by atoms with van der Waals surface area (Å²) in [7, 11) is 5.30. The molecule has 39 heavy (non-hydrogen) atoms. The number of ether oxygens (including phenoxy) is 2. The molecule has 1 saturated heterocycles. The van der Waals surface area contributed by atoms with Crippen LogP contribution in [0.15, 0.2) is 36.9 Å². The molecule has 5 rings (SSSR count). The first kappa shape index (κ1) is 27.4. The Morgan fingerprint density at radius 2 is 1.82 bits per heavy atom. The van der Waals surface area contributed by atoms with Gasteiger partial charge in [-0.05, 0) is 56.5 Å². The third-order valence-corrected chi connectivity index (χ3v) is 8.51. The van der Waals surface area contributed by atoms with E-state index in [9.17, 15) is 4.79 Å². The molecule has 0 bridgehead atoms. The van der Waals surface area contributed by atoms with E-state index in [1.807, 2.05) is 6.07 Å². The Kier molecular flexibility index (Phi) is 8.07. The van der Waals surface area contributed by atoms with Crippen LogP contribution in [0, 0.1) is 0 Å². The fourth-order valence-corrected chi connectivity index (χ4v) is 6.33. The number of fused-ring (bicyclic) bond motifs is 1. The summed E-state index contributed by atoms with van der Waals surface area (Å²) in [6.45, 7) is 7.50. The summed E-state index contributed by atoms with van der Waals surface area (Å²) >= 11 is 13.5. The van der Waals surface area contributed by atoms with E-state index in [2.05, 4.69) is 46.0 Å². The number of benzene rings is 2. The quantitative estimate of drug-likeness (QED) is 0.363. The van der Waals surface area contributed by atoms with Gasteiger partial charge in [0.15, 0.2) is 0 Å². The molecule has 2 aromatic carbocycles. The molecule has 0 spiro atoms. The summed E-state index contributed by atoms with van der Waals surface area (Å²) in [6, 6.07) is 7.86. The first-order valence-corrected chi connectivity index (χ1v) is 13.8. The molecule has 1 amide bonds. The standard InChI is InChI=1S/C29H33Cl2N5O3/c1-5-25(37)32-21-9-7-18(36-12-10-35(2)11-13-36)15-20(21)29-19-8-6-17(14-22(19)33-34-29)26-27(30)23(38-3)16-24(39-4)28(26)31/h5,7,9,15-17H,1,6,8,10-14H2,2-4H3,(H,32,37)(H,33,34)/t17-/m1/s1. The highest BCUT2D eigenvalue weighted by molar-refractivity contribution is 6.38. The number of nitrogens with one attached hydrogen (secondary N) is 2. The second kappa shape index (κ2) is 11.5. The molecule has 2 N–H and O–H groups in total. The van der Waals surface area contributed by atoms with Crippen LogP contribution in [0.5, 0.6) is 11.5 Å². The number of carbonyl (C=O) groups is 1. The van der Waals surface area contributed by atoms with E-state index in [1.54, 1.807) is 20.3 Å². The Balaban J connectivity index is 1.51. The molecule has 8 nitrogen and oxygen atoms in total. The van der Waals surface area contributed by atoms with Gasteiger partial charge in [-0.2, -0.15) is 5.10 Å². The van der Waals surface area contributed by atoms with Crippen LogP contribution < -0.4 is 19.7 Å². The molecule has 1 aromatic heterocycles. The molecular formula is C29H33Cl2N5O3. The molecule has 1 atom stereocenters. The van der Waals surface area contributed by atoms with Crippen LogP contribution in [0.3, 0.4) is 0 Å². The van der Waals surface area contributed by atoms with E-state index < -0.39 is 0 Å². The number of hydrogen-bond donors (Lipinski definition) is 2. The van der Waals surface area contributed by atoms with Gasteiger partial charge in [-0.15, -0.1) is 0 Å². The largest absolute Gasteiger partial charge is 0.495 e. The van der Waals surface area contributed by atoms with Gasteiger partial charge in [-0.1, -0.05) is 29.8 Å². The van der Waals surface area contributed by atoms with Crippen molar-refractivity contribution in [2.24, 2.45) is 0 Å². The number of aromatic nitrogens is 2. The zero-order valence-corrected chi connectivity index (χ0v) is 24.0. The minimum atomic E-state index is -0.260. The zero-order valence-electron chi connectivity index (χ0n) is 22.4. The normalized spacial score (nSPS) is 17.5. The third-order valence-electron chi connectivity index (χ3n) is 7.73. The van der Waals surface area contributed by atoms with Gasteiger partial charge in [0.2, 0.25) is 5.91 Å². The molecule has 0 radical (unpaired) electrons. The number of anilines is 2. The van der Waals surface area contributed by atoms with Crippen LogP contribution in [-0.4, -0.2) is 68.5 Å². The lowest BCUT2D eigenvalue weighted by atomic mass is 9.81. The van der Waals surface area contributed by atoms with Gasteiger partial charge < -0.3 is 24.6 Å². The second-order valence-electron chi connectivity index (χ2n) is 10.0. The zero-order chi connectivity index (χ0) is 27.7. The Labute approximate surface area is 238 Å². The van der Waals surface area contributed by atoms with Gasteiger partial charge in [0.1, 0.15) is 11.5 Å². The number of piperazine rings is 1. The molecule has 2 heterocycles. The fraction of sp³-hybridized carbons (Fsp3) is 0.379. The lowest BCUT2D eigenvalue weighted by Crippen LogP contribution is -2.44. The van der Waals surface area contributed by atoms with Crippen molar-refractivity contribution in [1.82, 2.24) is 15.1 Å². The van der Waals surface area contributed by atoms with Crippen LogP contribution >= 0.6 is 23.2 Å². The van der Waals surface area contributed by atoms with Crippen LogP contribution in [0.4, 0.5) is 11.4 Å². The number of halogens is 2. The van der Waals surface area contributed by atoms with Crippen LogP contribution in [0.1, 0.15) is 29.2 Å². The van der Waals surface area contributed by atoms with Crippen LogP contribution in [0.25, 0.3) is 11.3 Å². The lowest BCUT2D eigenvalue weighted by molar-refractivity contribution is -0.111. The molecular weight excluding hydrogens is 537 g/mol. The van der Waals surface area contributed by atoms with Gasteiger partial charge in [0.25, 0.3) is 0 Å². The van der Waals surface area contributed by atoms with Crippen molar-refractivity contribution in [1.29, 1.82) is 0 Å².